The highest BCUT2D eigenvalue weighted by Crippen LogP contribution is 2.37. The maximum Gasteiger partial charge on any atom is 0.172 e. The molecule has 0 atom stereocenters. The Morgan fingerprint density at radius 3 is 2.33 bits per heavy atom. The van der Waals surface area contributed by atoms with Gasteiger partial charge < -0.3 is 20.7 Å². The van der Waals surface area contributed by atoms with Gasteiger partial charge in [0.1, 0.15) is 0 Å². The lowest BCUT2D eigenvalue weighted by atomic mass is 10.1. The molecule has 3 rings (SSSR count). The number of nitrogens with zero attached hydrogens (tertiary/aromatic N) is 3. The second kappa shape index (κ2) is 5.36. The van der Waals surface area contributed by atoms with Gasteiger partial charge in [0, 0.05) is 25.7 Å². The summed E-state index contributed by atoms with van der Waals surface area (Å²) in [6.45, 7) is 1.77. The largest absolute Gasteiger partial charge is 0.409 e. The molecule has 2 aromatic rings. The van der Waals surface area contributed by atoms with Crippen LogP contribution in [0.4, 0.5) is 17.1 Å². The highest BCUT2D eigenvalue weighted by atomic mass is 16.4. The summed E-state index contributed by atoms with van der Waals surface area (Å²) in [4.78, 5) is 4.45. The highest BCUT2D eigenvalue weighted by Gasteiger charge is 2.23. The third kappa shape index (κ3) is 2.27. The minimum Gasteiger partial charge on any atom is -0.409 e. The lowest BCUT2D eigenvalue weighted by Crippen LogP contribution is -2.37. The first-order valence-corrected chi connectivity index (χ1v) is 6.87. The van der Waals surface area contributed by atoms with Crippen LogP contribution >= 0.6 is 0 Å². The molecule has 0 aromatic heterocycles. The fourth-order valence-electron chi connectivity index (χ4n) is 2.74. The van der Waals surface area contributed by atoms with E-state index < -0.39 is 0 Å². The molecule has 21 heavy (non-hydrogen) atoms. The molecule has 0 unspecified atom stereocenters. The number of hydrogen-bond acceptors (Lipinski definition) is 4. The first-order chi connectivity index (χ1) is 10.2. The van der Waals surface area contributed by atoms with Gasteiger partial charge in [0.15, 0.2) is 5.84 Å². The fraction of sp³-hybridized carbons (Fsp3) is 0.188. The van der Waals surface area contributed by atoms with Crippen LogP contribution in [0.3, 0.4) is 0 Å². The van der Waals surface area contributed by atoms with Crippen LogP contribution in [0.25, 0.3) is 0 Å². The number of oxime groups is 1. The summed E-state index contributed by atoms with van der Waals surface area (Å²) >= 11 is 0. The van der Waals surface area contributed by atoms with Crippen LogP contribution in [0.1, 0.15) is 5.56 Å². The van der Waals surface area contributed by atoms with Gasteiger partial charge in [-0.1, -0.05) is 29.4 Å². The monoisotopic (exact) mass is 282 g/mol. The van der Waals surface area contributed by atoms with E-state index >= 15 is 0 Å². The van der Waals surface area contributed by atoms with Crippen LogP contribution in [0.15, 0.2) is 53.7 Å². The van der Waals surface area contributed by atoms with Crippen LogP contribution in [-0.2, 0) is 0 Å². The standard InChI is InChI=1S/C16H18N4O/c1-19-10-11-20(15-9-5-4-8-14(15)19)13-7-3-2-6-12(13)16(17)18-21/h2-9,21H,10-11H2,1H3,(H2,17,18). The van der Waals surface area contributed by atoms with Crippen molar-refractivity contribution in [2.45, 2.75) is 0 Å². The Kier molecular flexibility index (Phi) is 3.39. The molecule has 5 heteroatoms. The van der Waals surface area contributed by atoms with Crippen molar-refractivity contribution in [1.82, 2.24) is 0 Å². The third-order valence-corrected chi connectivity index (χ3v) is 3.82. The number of rotatable bonds is 2. The molecule has 0 spiro atoms. The summed E-state index contributed by atoms with van der Waals surface area (Å²) in [5.41, 5.74) is 9.81. The summed E-state index contributed by atoms with van der Waals surface area (Å²) in [6, 6.07) is 16.0. The van der Waals surface area contributed by atoms with E-state index in [0.717, 1.165) is 30.0 Å². The minimum absolute atomic E-state index is 0.127. The molecule has 3 N–H and O–H groups in total. The number of fused-ring (bicyclic) bond motifs is 1. The Labute approximate surface area is 123 Å². The number of hydrogen-bond donors (Lipinski definition) is 2. The Balaban J connectivity index is 2.13. The molecular formula is C16H18N4O. The van der Waals surface area contributed by atoms with Crippen molar-refractivity contribution in [3.63, 3.8) is 0 Å². The minimum atomic E-state index is 0.127. The fourth-order valence-corrected chi connectivity index (χ4v) is 2.74. The molecule has 0 saturated heterocycles. The van der Waals surface area contributed by atoms with Crippen molar-refractivity contribution in [2.75, 3.05) is 29.9 Å². The number of amidine groups is 1. The average Bonchev–Trinajstić information content (AvgIpc) is 2.55. The van der Waals surface area contributed by atoms with Gasteiger partial charge in [0.25, 0.3) is 0 Å². The summed E-state index contributed by atoms with van der Waals surface area (Å²) in [6.07, 6.45) is 0. The first kappa shape index (κ1) is 13.3. The Hall–Kier alpha value is -2.69. The van der Waals surface area contributed by atoms with Crippen molar-refractivity contribution >= 4 is 22.9 Å². The lowest BCUT2D eigenvalue weighted by molar-refractivity contribution is 0.318. The van der Waals surface area contributed by atoms with E-state index in [1.807, 2.05) is 36.4 Å². The van der Waals surface area contributed by atoms with Crippen molar-refractivity contribution < 1.29 is 5.21 Å². The zero-order valence-corrected chi connectivity index (χ0v) is 11.9. The molecule has 0 radical (unpaired) electrons. The van der Waals surface area contributed by atoms with Crippen molar-refractivity contribution in [1.29, 1.82) is 0 Å². The van der Waals surface area contributed by atoms with Gasteiger partial charge in [0.05, 0.1) is 17.1 Å². The third-order valence-electron chi connectivity index (χ3n) is 3.82. The summed E-state index contributed by atoms with van der Waals surface area (Å²) < 4.78 is 0. The Bertz CT molecular complexity index is 683. The molecule has 0 fully saturated rings. The molecule has 1 aliphatic heterocycles. The number of para-hydroxylation sites is 3. The Morgan fingerprint density at radius 2 is 1.62 bits per heavy atom. The zero-order valence-electron chi connectivity index (χ0n) is 11.9. The van der Waals surface area contributed by atoms with Crippen molar-refractivity contribution in [3.05, 3.63) is 54.1 Å². The molecule has 0 bridgehead atoms. The van der Waals surface area contributed by atoms with E-state index in [9.17, 15) is 0 Å². The topological polar surface area (TPSA) is 65.1 Å². The predicted molar refractivity (Wildman–Crippen MR) is 85.7 cm³/mol. The van der Waals surface area contributed by atoms with Gasteiger partial charge in [-0.25, -0.2) is 0 Å². The number of nitrogens with two attached hydrogens (primary N) is 1. The van der Waals surface area contributed by atoms with E-state index in [0.29, 0.717) is 0 Å². The molecule has 2 aromatic carbocycles. The summed E-state index contributed by atoms with van der Waals surface area (Å²) in [5, 5.41) is 12.1. The van der Waals surface area contributed by atoms with Crippen LogP contribution < -0.4 is 15.5 Å². The predicted octanol–water partition coefficient (Wildman–Crippen LogP) is 2.37. The number of likely N-dealkylation sites (N-methyl/N-ethyl adjacent to an activating group) is 1. The molecule has 5 nitrogen and oxygen atoms in total. The second-order valence-corrected chi connectivity index (χ2v) is 5.06. The molecule has 0 aliphatic carbocycles. The van der Waals surface area contributed by atoms with E-state index in [2.05, 4.69) is 34.1 Å². The van der Waals surface area contributed by atoms with E-state index in [-0.39, 0.29) is 5.84 Å². The smallest absolute Gasteiger partial charge is 0.172 e. The van der Waals surface area contributed by atoms with Gasteiger partial charge in [-0.2, -0.15) is 0 Å². The zero-order chi connectivity index (χ0) is 14.8. The van der Waals surface area contributed by atoms with Crippen LogP contribution in [0.5, 0.6) is 0 Å². The molecule has 1 heterocycles. The van der Waals surface area contributed by atoms with Gasteiger partial charge in [-0.05, 0) is 24.3 Å². The average molecular weight is 282 g/mol. The molecule has 0 amide bonds. The lowest BCUT2D eigenvalue weighted by Gasteiger charge is -2.37. The van der Waals surface area contributed by atoms with E-state index in [1.165, 1.54) is 5.69 Å². The SMILES string of the molecule is CN1CCN(c2ccccc2C(N)=NO)c2ccccc21. The normalized spacial score (nSPS) is 15.0. The number of anilines is 3. The van der Waals surface area contributed by atoms with Crippen LogP contribution in [0, 0.1) is 0 Å². The van der Waals surface area contributed by atoms with Gasteiger partial charge >= 0.3 is 0 Å². The summed E-state index contributed by atoms with van der Waals surface area (Å²) in [5.74, 6) is 0.127. The number of benzene rings is 2. The first-order valence-electron chi connectivity index (χ1n) is 6.87. The summed E-state index contributed by atoms with van der Waals surface area (Å²) in [7, 11) is 2.09. The second-order valence-electron chi connectivity index (χ2n) is 5.06. The van der Waals surface area contributed by atoms with E-state index in [4.69, 9.17) is 10.9 Å². The van der Waals surface area contributed by atoms with Gasteiger partial charge in [0.2, 0.25) is 0 Å². The molecule has 108 valence electrons. The van der Waals surface area contributed by atoms with Gasteiger partial charge in [-0.3, -0.25) is 0 Å². The van der Waals surface area contributed by atoms with Crippen molar-refractivity contribution in [2.24, 2.45) is 10.9 Å². The highest BCUT2D eigenvalue weighted by molar-refractivity contribution is 6.03. The van der Waals surface area contributed by atoms with Crippen molar-refractivity contribution in [3.8, 4) is 0 Å². The quantitative estimate of drug-likeness (QED) is 0.384. The molecule has 1 aliphatic rings. The molecule has 0 saturated carbocycles. The van der Waals surface area contributed by atoms with Crippen LogP contribution in [-0.4, -0.2) is 31.2 Å². The maximum absolute atomic E-state index is 8.98. The van der Waals surface area contributed by atoms with Crippen LogP contribution in [0.2, 0.25) is 0 Å². The molecular weight excluding hydrogens is 264 g/mol. The van der Waals surface area contributed by atoms with Gasteiger partial charge in [-0.15, -0.1) is 0 Å². The van der Waals surface area contributed by atoms with E-state index in [1.54, 1.807) is 0 Å². The maximum atomic E-state index is 8.98. The Morgan fingerprint density at radius 1 is 1.00 bits per heavy atom.